The summed E-state index contributed by atoms with van der Waals surface area (Å²) in [6.45, 7) is 7.68. The van der Waals surface area contributed by atoms with Gasteiger partial charge in [0, 0.05) is 21.8 Å². The molecule has 82 valence electrons. The van der Waals surface area contributed by atoms with Crippen LogP contribution in [-0.2, 0) is 0 Å². The molecule has 0 unspecified atom stereocenters. The van der Waals surface area contributed by atoms with Crippen LogP contribution >= 0.6 is 11.6 Å². The van der Waals surface area contributed by atoms with Crippen molar-refractivity contribution in [1.82, 2.24) is 0 Å². The van der Waals surface area contributed by atoms with Crippen LogP contribution < -0.4 is 5.32 Å². The van der Waals surface area contributed by atoms with Gasteiger partial charge in [-0.2, -0.15) is 0 Å². The highest BCUT2D eigenvalue weighted by Crippen LogP contribution is 2.23. The molecule has 1 aromatic carbocycles. The van der Waals surface area contributed by atoms with Crippen molar-refractivity contribution in [3.05, 3.63) is 28.8 Å². The molecule has 0 atom stereocenters. The van der Waals surface area contributed by atoms with Gasteiger partial charge in [0.05, 0.1) is 0 Å². The number of carbonyl (C=O) groups is 1. The van der Waals surface area contributed by atoms with Crippen LogP contribution in [0.4, 0.5) is 5.69 Å². The molecule has 15 heavy (non-hydrogen) atoms. The average molecular weight is 226 g/mol. The molecular formula is C12H16ClNO. The van der Waals surface area contributed by atoms with E-state index in [4.69, 9.17) is 11.6 Å². The van der Waals surface area contributed by atoms with Crippen LogP contribution in [0.3, 0.4) is 0 Å². The number of halogens is 1. The number of hydrogen-bond donors (Lipinski definition) is 1. The van der Waals surface area contributed by atoms with Crippen LogP contribution in [-0.4, -0.2) is 11.3 Å². The predicted octanol–water partition coefficient (Wildman–Crippen LogP) is 3.75. The number of rotatable bonds is 2. The van der Waals surface area contributed by atoms with E-state index in [1.54, 1.807) is 19.1 Å². The van der Waals surface area contributed by atoms with E-state index in [0.717, 1.165) is 5.69 Å². The fourth-order valence-electron chi connectivity index (χ4n) is 1.32. The Balaban J connectivity index is 3.12. The number of nitrogens with one attached hydrogen (secondary N) is 1. The summed E-state index contributed by atoms with van der Waals surface area (Å²) >= 11 is 5.85. The van der Waals surface area contributed by atoms with E-state index in [1.165, 1.54) is 0 Å². The van der Waals surface area contributed by atoms with Gasteiger partial charge in [-0.25, -0.2) is 0 Å². The Bertz CT molecular complexity index is 380. The maximum Gasteiger partial charge on any atom is 0.161 e. The predicted molar refractivity (Wildman–Crippen MR) is 64.8 cm³/mol. The Kier molecular flexibility index (Phi) is 3.40. The van der Waals surface area contributed by atoms with Crippen LogP contribution in [0, 0.1) is 0 Å². The van der Waals surface area contributed by atoms with Gasteiger partial charge in [0.2, 0.25) is 0 Å². The third-order valence-corrected chi connectivity index (χ3v) is 2.11. The van der Waals surface area contributed by atoms with Crippen LogP contribution in [0.2, 0.25) is 5.02 Å². The van der Waals surface area contributed by atoms with E-state index in [9.17, 15) is 4.79 Å². The molecule has 1 rings (SSSR count). The third-order valence-electron chi connectivity index (χ3n) is 1.87. The van der Waals surface area contributed by atoms with Crippen molar-refractivity contribution in [2.45, 2.75) is 33.2 Å². The van der Waals surface area contributed by atoms with Gasteiger partial charge < -0.3 is 5.32 Å². The van der Waals surface area contributed by atoms with Gasteiger partial charge in [-0.3, -0.25) is 4.79 Å². The zero-order valence-corrected chi connectivity index (χ0v) is 10.3. The van der Waals surface area contributed by atoms with Crippen molar-refractivity contribution in [3.8, 4) is 0 Å². The van der Waals surface area contributed by atoms with Gasteiger partial charge in [0.1, 0.15) is 0 Å². The lowest BCUT2D eigenvalue weighted by atomic mass is 10.0. The van der Waals surface area contributed by atoms with Crippen LogP contribution in [0.5, 0.6) is 0 Å². The summed E-state index contributed by atoms with van der Waals surface area (Å²) in [4.78, 5) is 11.4. The standard InChI is InChI=1S/C12H16ClNO/c1-8(15)10-7-9(13)5-6-11(10)14-12(2,3)4/h5-7,14H,1-4H3. The SMILES string of the molecule is CC(=O)c1cc(Cl)ccc1NC(C)(C)C. The second kappa shape index (κ2) is 4.23. The van der Waals surface area contributed by atoms with Crippen molar-refractivity contribution < 1.29 is 4.79 Å². The Morgan fingerprint density at radius 2 is 1.93 bits per heavy atom. The second-order valence-electron chi connectivity index (χ2n) is 4.62. The molecule has 0 saturated carbocycles. The number of anilines is 1. The van der Waals surface area contributed by atoms with Crippen molar-refractivity contribution in [2.24, 2.45) is 0 Å². The number of ketones is 1. The normalized spacial score (nSPS) is 11.3. The molecule has 0 spiro atoms. The van der Waals surface area contributed by atoms with E-state index >= 15 is 0 Å². The van der Waals surface area contributed by atoms with Gasteiger partial charge in [-0.1, -0.05) is 11.6 Å². The second-order valence-corrected chi connectivity index (χ2v) is 5.06. The highest BCUT2D eigenvalue weighted by atomic mass is 35.5. The lowest BCUT2D eigenvalue weighted by Gasteiger charge is -2.23. The summed E-state index contributed by atoms with van der Waals surface area (Å²) in [5.41, 5.74) is 1.40. The Morgan fingerprint density at radius 1 is 1.33 bits per heavy atom. The molecular weight excluding hydrogens is 210 g/mol. The molecule has 0 aliphatic heterocycles. The summed E-state index contributed by atoms with van der Waals surface area (Å²) in [5, 5.41) is 3.86. The minimum Gasteiger partial charge on any atom is -0.380 e. The highest BCUT2D eigenvalue weighted by Gasteiger charge is 2.14. The van der Waals surface area contributed by atoms with Gasteiger partial charge in [-0.15, -0.1) is 0 Å². The monoisotopic (exact) mass is 225 g/mol. The van der Waals surface area contributed by atoms with Crippen molar-refractivity contribution >= 4 is 23.1 Å². The zero-order chi connectivity index (χ0) is 11.6. The molecule has 3 heteroatoms. The minimum atomic E-state index is -0.0714. The summed E-state index contributed by atoms with van der Waals surface area (Å²) in [6.07, 6.45) is 0. The highest BCUT2D eigenvalue weighted by molar-refractivity contribution is 6.31. The van der Waals surface area contributed by atoms with E-state index in [1.807, 2.05) is 26.8 Å². The average Bonchev–Trinajstić information content (AvgIpc) is 2.05. The number of Topliss-reactive ketones (excluding diaryl/α,β-unsaturated/α-hetero) is 1. The van der Waals surface area contributed by atoms with Crippen molar-refractivity contribution in [3.63, 3.8) is 0 Å². The van der Waals surface area contributed by atoms with E-state index in [-0.39, 0.29) is 11.3 Å². The fourth-order valence-corrected chi connectivity index (χ4v) is 1.49. The summed E-state index contributed by atoms with van der Waals surface area (Å²) in [5.74, 6) is 0.0178. The molecule has 0 fully saturated rings. The first-order chi connectivity index (χ1) is 6.79. The van der Waals surface area contributed by atoms with E-state index in [2.05, 4.69) is 5.32 Å². The molecule has 0 aliphatic carbocycles. The fraction of sp³-hybridized carbons (Fsp3) is 0.417. The Hall–Kier alpha value is -1.02. The van der Waals surface area contributed by atoms with Gasteiger partial charge >= 0.3 is 0 Å². The first-order valence-corrected chi connectivity index (χ1v) is 5.26. The van der Waals surface area contributed by atoms with Crippen molar-refractivity contribution in [1.29, 1.82) is 0 Å². The molecule has 0 bridgehead atoms. The number of hydrogen-bond acceptors (Lipinski definition) is 2. The molecule has 0 heterocycles. The lowest BCUT2D eigenvalue weighted by Crippen LogP contribution is -2.27. The minimum absolute atomic E-state index is 0.0178. The maximum atomic E-state index is 11.4. The first kappa shape index (κ1) is 12.1. The molecule has 1 aromatic rings. The van der Waals surface area contributed by atoms with Crippen LogP contribution in [0.25, 0.3) is 0 Å². The molecule has 0 radical (unpaired) electrons. The smallest absolute Gasteiger partial charge is 0.161 e. The van der Waals surface area contributed by atoms with Crippen LogP contribution in [0.1, 0.15) is 38.1 Å². The molecule has 0 aliphatic rings. The van der Waals surface area contributed by atoms with E-state index in [0.29, 0.717) is 10.6 Å². The molecule has 0 saturated heterocycles. The summed E-state index contributed by atoms with van der Waals surface area (Å²) < 4.78 is 0. The summed E-state index contributed by atoms with van der Waals surface area (Å²) in [6, 6.07) is 5.31. The Labute approximate surface area is 95.6 Å². The number of benzene rings is 1. The van der Waals surface area contributed by atoms with Gasteiger partial charge in [0.15, 0.2) is 5.78 Å². The quantitative estimate of drug-likeness (QED) is 0.777. The van der Waals surface area contributed by atoms with Gasteiger partial charge in [-0.05, 0) is 45.9 Å². The zero-order valence-electron chi connectivity index (χ0n) is 9.52. The third kappa shape index (κ3) is 3.56. The van der Waals surface area contributed by atoms with E-state index < -0.39 is 0 Å². The summed E-state index contributed by atoms with van der Waals surface area (Å²) in [7, 11) is 0. The van der Waals surface area contributed by atoms with Crippen LogP contribution in [0.15, 0.2) is 18.2 Å². The molecule has 0 aromatic heterocycles. The van der Waals surface area contributed by atoms with Crippen molar-refractivity contribution in [2.75, 3.05) is 5.32 Å². The maximum absolute atomic E-state index is 11.4. The van der Waals surface area contributed by atoms with Gasteiger partial charge in [0.25, 0.3) is 0 Å². The topological polar surface area (TPSA) is 29.1 Å². The molecule has 2 nitrogen and oxygen atoms in total. The Morgan fingerprint density at radius 3 is 2.40 bits per heavy atom. The molecule has 0 amide bonds. The molecule has 1 N–H and O–H groups in total. The first-order valence-electron chi connectivity index (χ1n) is 4.88. The lowest BCUT2D eigenvalue weighted by molar-refractivity contribution is 0.101. The number of carbonyl (C=O) groups excluding carboxylic acids is 1. The largest absolute Gasteiger partial charge is 0.380 e.